The predicted octanol–water partition coefficient (Wildman–Crippen LogP) is 1.80. The SMILES string of the molecule is Cc1ccccc1Cc1noc(C2COCCC2N)n1. The van der Waals surface area contributed by atoms with E-state index in [-0.39, 0.29) is 12.0 Å². The van der Waals surface area contributed by atoms with Crippen molar-refractivity contribution in [2.24, 2.45) is 5.73 Å². The summed E-state index contributed by atoms with van der Waals surface area (Å²) in [5, 5.41) is 4.07. The van der Waals surface area contributed by atoms with Gasteiger partial charge in [0, 0.05) is 19.1 Å². The van der Waals surface area contributed by atoms with E-state index >= 15 is 0 Å². The number of benzene rings is 1. The van der Waals surface area contributed by atoms with E-state index in [4.69, 9.17) is 15.0 Å². The molecule has 106 valence electrons. The molecule has 1 aliphatic heterocycles. The summed E-state index contributed by atoms with van der Waals surface area (Å²) in [6, 6.07) is 8.25. The molecule has 1 saturated heterocycles. The zero-order chi connectivity index (χ0) is 13.9. The third-order valence-electron chi connectivity index (χ3n) is 3.82. The topological polar surface area (TPSA) is 74.2 Å². The number of rotatable bonds is 3. The van der Waals surface area contributed by atoms with E-state index < -0.39 is 0 Å². The average Bonchev–Trinajstić information content (AvgIpc) is 2.90. The standard InChI is InChI=1S/C15H19N3O2/c1-10-4-2-3-5-11(10)8-14-17-15(20-18-14)12-9-19-7-6-13(12)16/h2-5,12-13H,6-9,16H2,1H3. The minimum Gasteiger partial charge on any atom is -0.381 e. The van der Waals surface area contributed by atoms with Gasteiger partial charge in [0.15, 0.2) is 5.82 Å². The molecule has 5 nitrogen and oxygen atoms in total. The van der Waals surface area contributed by atoms with Crippen molar-refractivity contribution in [3.05, 3.63) is 47.1 Å². The molecule has 5 heteroatoms. The van der Waals surface area contributed by atoms with Crippen LogP contribution in [0.3, 0.4) is 0 Å². The molecule has 2 aromatic rings. The fraction of sp³-hybridized carbons (Fsp3) is 0.467. The van der Waals surface area contributed by atoms with Gasteiger partial charge in [-0.05, 0) is 24.5 Å². The van der Waals surface area contributed by atoms with Gasteiger partial charge in [0.05, 0.1) is 12.5 Å². The number of ether oxygens (including phenoxy) is 1. The summed E-state index contributed by atoms with van der Waals surface area (Å²) in [5.41, 5.74) is 8.53. The Hall–Kier alpha value is -1.72. The predicted molar refractivity (Wildman–Crippen MR) is 74.4 cm³/mol. The second-order valence-electron chi connectivity index (χ2n) is 5.29. The first-order chi connectivity index (χ1) is 9.74. The van der Waals surface area contributed by atoms with Crippen LogP contribution in [-0.4, -0.2) is 29.4 Å². The van der Waals surface area contributed by atoms with Gasteiger partial charge in [-0.15, -0.1) is 0 Å². The number of aromatic nitrogens is 2. The average molecular weight is 273 g/mol. The molecule has 1 fully saturated rings. The third-order valence-corrected chi connectivity index (χ3v) is 3.82. The monoisotopic (exact) mass is 273 g/mol. The molecule has 20 heavy (non-hydrogen) atoms. The fourth-order valence-corrected chi connectivity index (χ4v) is 2.48. The van der Waals surface area contributed by atoms with Crippen molar-refractivity contribution in [1.29, 1.82) is 0 Å². The maximum atomic E-state index is 6.09. The highest BCUT2D eigenvalue weighted by Crippen LogP contribution is 2.23. The number of nitrogens with two attached hydrogens (primary N) is 1. The first-order valence-corrected chi connectivity index (χ1v) is 6.94. The number of hydrogen-bond acceptors (Lipinski definition) is 5. The van der Waals surface area contributed by atoms with Crippen LogP contribution in [0.15, 0.2) is 28.8 Å². The summed E-state index contributed by atoms with van der Waals surface area (Å²) < 4.78 is 10.8. The van der Waals surface area contributed by atoms with Crippen LogP contribution >= 0.6 is 0 Å². The molecular weight excluding hydrogens is 254 g/mol. The summed E-state index contributed by atoms with van der Waals surface area (Å²) in [5.74, 6) is 1.31. The molecule has 0 aliphatic carbocycles. The van der Waals surface area contributed by atoms with Crippen LogP contribution in [0.2, 0.25) is 0 Å². The van der Waals surface area contributed by atoms with Crippen molar-refractivity contribution >= 4 is 0 Å². The summed E-state index contributed by atoms with van der Waals surface area (Å²) >= 11 is 0. The molecule has 1 aromatic heterocycles. The minimum absolute atomic E-state index is 0.0156. The molecule has 2 N–H and O–H groups in total. The Kier molecular flexibility index (Phi) is 3.80. The van der Waals surface area contributed by atoms with Crippen LogP contribution in [0.5, 0.6) is 0 Å². The Labute approximate surface area is 118 Å². The van der Waals surface area contributed by atoms with Gasteiger partial charge in [0.1, 0.15) is 0 Å². The Morgan fingerprint density at radius 3 is 3.00 bits per heavy atom. The minimum atomic E-state index is 0.0156. The summed E-state index contributed by atoms with van der Waals surface area (Å²) in [6.07, 6.45) is 1.51. The van der Waals surface area contributed by atoms with Crippen LogP contribution in [0.4, 0.5) is 0 Å². The first kappa shape index (κ1) is 13.3. The number of nitrogens with zero attached hydrogens (tertiary/aromatic N) is 2. The van der Waals surface area contributed by atoms with Gasteiger partial charge < -0.3 is 15.0 Å². The van der Waals surface area contributed by atoms with Crippen LogP contribution in [-0.2, 0) is 11.2 Å². The molecule has 0 radical (unpaired) electrons. The van der Waals surface area contributed by atoms with Gasteiger partial charge in [0.2, 0.25) is 5.89 Å². The van der Waals surface area contributed by atoms with Crippen molar-refractivity contribution in [1.82, 2.24) is 10.1 Å². The van der Waals surface area contributed by atoms with Gasteiger partial charge >= 0.3 is 0 Å². The van der Waals surface area contributed by atoms with E-state index in [0.29, 0.717) is 31.3 Å². The van der Waals surface area contributed by atoms with Gasteiger partial charge in [0.25, 0.3) is 0 Å². The van der Waals surface area contributed by atoms with Gasteiger partial charge in [-0.3, -0.25) is 0 Å². The molecule has 0 saturated carbocycles. The Morgan fingerprint density at radius 2 is 2.20 bits per heavy atom. The summed E-state index contributed by atoms with van der Waals surface area (Å²) in [4.78, 5) is 4.48. The summed E-state index contributed by atoms with van der Waals surface area (Å²) in [6.45, 7) is 3.36. The van der Waals surface area contributed by atoms with Crippen molar-refractivity contribution in [3.63, 3.8) is 0 Å². The molecule has 2 heterocycles. The molecule has 0 spiro atoms. The quantitative estimate of drug-likeness (QED) is 0.923. The highest BCUT2D eigenvalue weighted by atomic mass is 16.5. The maximum absolute atomic E-state index is 6.09. The third kappa shape index (κ3) is 2.73. The zero-order valence-corrected chi connectivity index (χ0v) is 11.6. The molecule has 0 amide bonds. The van der Waals surface area contributed by atoms with Gasteiger partial charge in [-0.1, -0.05) is 29.4 Å². The largest absolute Gasteiger partial charge is 0.381 e. The van der Waals surface area contributed by atoms with Gasteiger partial charge in [-0.2, -0.15) is 4.98 Å². The lowest BCUT2D eigenvalue weighted by Gasteiger charge is -2.25. The second kappa shape index (κ2) is 5.73. The Bertz CT molecular complexity index is 582. The number of hydrogen-bond donors (Lipinski definition) is 1. The molecule has 1 aliphatic rings. The number of aryl methyl sites for hydroxylation is 1. The van der Waals surface area contributed by atoms with E-state index in [2.05, 4.69) is 29.2 Å². The maximum Gasteiger partial charge on any atom is 0.233 e. The molecule has 3 rings (SSSR count). The van der Waals surface area contributed by atoms with E-state index in [1.165, 1.54) is 11.1 Å². The highest BCUT2D eigenvalue weighted by molar-refractivity contribution is 5.28. The lowest BCUT2D eigenvalue weighted by Crippen LogP contribution is -2.37. The molecule has 1 aromatic carbocycles. The van der Waals surface area contributed by atoms with E-state index in [0.717, 1.165) is 6.42 Å². The molecule has 2 atom stereocenters. The Morgan fingerprint density at radius 1 is 1.35 bits per heavy atom. The smallest absolute Gasteiger partial charge is 0.233 e. The lowest BCUT2D eigenvalue weighted by atomic mass is 9.97. The van der Waals surface area contributed by atoms with E-state index in [1.54, 1.807) is 0 Å². The second-order valence-corrected chi connectivity index (χ2v) is 5.29. The molecule has 2 unspecified atom stereocenters. The molecule has 0 bridgehead atoms. The highest BCUT2D eigenvalue weighted by Gasteiger charge is 2.29. The molecular formula is C15H19N3O2. The fourth-order valence-electron chi connectivity index (χ4n) is 2.48. The van der Waals surface area contributed by atoms with Crippen LogP contribution in [0, 0.1) is 6.92 Å². The zero-order valence-electron chi connectivity index (χ0n) is 11.6. The van der Waals surface area contributed by atoms with Crippen molar-refractivity contribution in [2.45, 2.75) is 31.7 Å². The lowest BCUT2D eigenvalue weighted by molar-refractivity contribution is 0.0590. The van der Waals surface area contributed by atoms with Crippen LogP contribution < -0.4 is 5.73 Å². The first-order valence-electron chi connectivity index (χ1n) is 6.94. The van der Waals surface area contributed by atoms with Crippen molar-refractivity contribution in [3.8, 4) is 0 Å². The van der Waals surface area contributed by atoms with E-state index in [1.807, 2.05) is 12.1 Å². The van der Waals surface area contributed by atoms with Crippen molar-refractivity contribution in [2.75, 3.05) is 13.2 Å². The van der Waals surface area contributed by atoms with E-state index in [9.17, 15) is 0 Å². The van der Waals surface area contributed by atoms with Gasteiger partial charge in [-0.25, -0.2) is 0 Å². The van der Waals surface area contributed by atoms with Crippen molar-refractivity contribution < 1.29 is 9.26 Å². The Balaban J connectivity index is 1.75. The normalized spacial score (nSPS) is 22.9. The van der Waals surface area contributed by atoms with Crippen LogP contribution in [0.25, 0.3) is 0 Å². The summed E-state index contributed by atoms with van der Waals surface area (Å²) in [7, 11) is 0. The van der Waals surface area contributed by atoms with Crippen LogP contribution in [0.1, 0.15) is 35.2 Å².